The van der Waals surface area contributed by atoms with E-state index in [4.69, 9.17) is 0 Å². The first-order chi connectivity index (χ1) is 10.8. The molecule has 1 aromatic carbocycles. The lowest BCUT2D eigenvalue weighted by atomic mass is 9.64. The van der Waals surface area contributed by atoms with Crippen LogP contribution in [0.25, 0.3) is 0 Å². The maximum Gasteiger partial charge on any atom is 0.223 e. The quantitative estimate of drug-likeness (QED) is 0.864. The summed E-state index contributed by atoms with van der Waals surface area (Å²) >= 11 is 0. The molecule has 2 unspecified atom stereocenters. The van der Waals surface area contributed by atoms with E-state index in [2.05, 4.69) is 33.0 Å². The van der Waals surface area contributed by atoms with E-state index in [-0.39, 0.29) is 23.8 Å². The highest BCUT2D eigenvalue weighted by Crippen LogP contribution is 2.44. The summed E-state index contributed by atoms with van der Waals surface area (Å²) in [7, 11) is 0. The zero-order valence-electron chi connectivity index (χ0n) is 14.9. The lowest BCUT2D eigenvalue weighted by Gasteiger charge is -2.41. The van der Waals surface area contributed by atoms with Gasteiger partial charge in [0.05, 0.1) is 6.10 Å². The number of rotatable bonds is 5. The van der Waals surface area contributed by atoms with Crippen molar-refractivity contribution in [3.05, 3.63) is 35.9 Å². The fourth-order valence-corrected chi connectivity index (χ4v) is 3.81. The van der Waals surface area contributed by atoms with Crippen LogP contribution in [0.2, 0.25) is 0 Å². The van der Waals surface area contributed by atoms with Gasteiger partial charge in [-0.2, -0.15) is 0 Å². The Bertz CT molecular complexity index is 510. The molecule has 1 aliphatic rings. The van der Waals surface area contributed by atoms with E-state index >= 15 is 0 Å². The molecule has 0 spiro atoms. The van der Waals surface area contributed by atoms with Crippen LogP contribution < -0.4 is 5.32 Å². The van der Waals surface area contributed by atoms with Crippen LogP contribution in [0.4, 0.5) is 0 Å². The second-order valence-electron chi connectivity index (χ2n) is 8.09. The lowest BCUT2D eigenvalue weighted by Crippen LogP contribution is -2.43. The van der Waals surface area contributed by atoms with Crippen LogP contribution in [0, 0.1) is 23.2 Å². The number of nitrogens with one attached hydrogen (secondary N) is 1. The predicted molar refractivity (Wildman–Crippen MR) is 93.9 cm³/mol. The fraction of sp³-hybridized carbons (Fsp3) is 0.650. The van der Waals surface area contributed by atoms with E-state index in [9.17, 15) is 9.90 Å². The first kappa shape index (κ1) is 18.0. The van der Waals surface area contributed by atoms with Crippen LogP contribution >= 0.6 is 0 Å². The summed E-state index contributed by atoms with van der Waals surface area (Å²) in [6.07, 6.45) is 2.59. The Morgan fingerprint density at radius 1 is 1.30 bits per heavy atom. The number of benzene rings is 1. The van der Waals surface area contributed by atoms with E-state index in [1.165, 1.54) is 6.42 Å². The predicted octanol–water partition coefficient (Wildman–Crippen LogP) is 3.93. The lowest BCUT2D eigenvalue weighted by molar-refractivity contribution is -0.131. The van der Waals surface area contributed by atoms with Crippen LogP contribution in [-0.4, -0.2) is 17.6 Å². The van der Waals surface area contributed by atoms with Gasteiger partial charge in [-0.05, 0) is 42.1 Å². The molecule has 2 N–H and O–H groups in total. The third kappa shape index (κ3) is 4.81. The molecule has 23 heavy (non-hydrogen) atoms. The van der Waals surface area contributed by atoms with Gasteiger partial charge in [0.25, 0.3) is 0 Å². The molecule has 2 rings (SSSR count). The van der Waals surface area contributed by atoms with Crippen LogP contribution in [0.3, 0.4) is 0 Å². The van der Waals surface area contributed by atoms with Crippen molar-refractivity contribution in [3.8, 4) is 0 Å². The number of amides is 1. The summed E-state index contributed by atoms with van der Waals surface area (Å²) in [6, 6.07) is 9.50. The third-order valence-electron chi connectivity index (χ3n) is 5.29. The summed E-state index contributed by atoms with van der Waals surface area (Å²) in [5, 5.41) is 13.2. The average Bonchev–Trinajstić information content (AvgIpc) is 2.51. The molecule has 1 amide bonds. The van der Waals surface area contributed by atoms with Gasteiger partial charge in [0, 0.05) is 12.5 Å². The summed E-state index contributed by atoms with van der Waals surface area (Å²) in [5.74, 6) is 1.12. The van der Waals surface area contributed by atoms with Crippen LogP contribution in [0.1, 0.15) is 58.6 Å². The molecular formula is C20H31NO2. The second kappa shape index (κ2) is 7.48. The largest absolute Gasteiger partial charge is 0.387 e. The Labute approximate surface area is 140 Å². The average molecular weight is 317 g/mol. The molecule has 3 heteroatoms. The highest BCUT2D eigenvalue weighted by atomic mass is 16.3. The molecule has 0 bridgehead atoms. The minimum Gasteiger partial charge on any atom is -0.387 e. The van der Waals surface area contributed by atoms with E-state index < -0.39 is 6.10 Å². The molecule has 128 valence electrons. The Morgan fingerprint density at radius 2 is 1.96 bits per heavy atom. The minimum atomic E-state index is -0.644. The van der Waals surface area contributed by atoms with Gasteiger partial charge in [-0.25, -0.2) is 0 Å². The Balaban J connectivity index is 1.97. The number of hydrogen-bond donors (Lipinski definition) is 2. The van der Waals surface area contributed by atoms with Crippen molar-refractivity contribution in [3.63, 3.8) is 0 Å². The monoisotopic (exact) mass is 317 g/mol. The standard InChI is InChI=1S/C20H31NO2/c1-14(2)16-10-11-20(3,4)12-17(16)19(23)21-13-18(22)15-8-6-5-7-9-15/h5-9,14,16-18,22H,10-13H2,1-4H3,(H,21,23)/t16?,17?,18-/m0/s1. The molecule has 0 heterocycles. The first-order valence-corrected chi connectivity index (χ1v) is 8.81. The van der Waals surface area contributed by atoms with Gasteiger partial charge in [0.15, 0.2) is 0 Å². The van der Waals surface area contributed by atoms with Crippen LogP contribution in [0.5, 0.6) is 0 Å². The van der Waals surface area contributed by atoms with Crippen molar-refractivity contribution in [2.75, 3.05) is 6.54 Å². The van der Waals surface area contributed by atoms with Crippen LogP contribution in [-0.2, 0) is 4.79 Å². The zero-order chi connectivity index (χ0) is 17.0. The molecule has 0 aliphatic heterocycles. The molecule has 1 aliphatic carbocycles. The molecule has 1 saturated carbocycles. The highest BCUT2D eigenvalue weighted by Gasteiger charge is 2.39. The number of aliphatic hydroxyl groups excluding tert-OH is 1. The molecule has 3 atom stereocenters. The number of aliphatic hydroxyl groups is 1. The van der Waals surface area contributed by atoms with E-state index in [0.29, 0.717) is 11.8 Å². The summed E-state index contributed by atoms with van der Waals surface area (Å²) in [4.78, 5) is 12.7. The Kier molecular flexibility index (Phi) is 5.85. The van der Waals surface area contributed by atoms with Gasteiger partial charge in [0.1, 0.15) is 0 Å². The third-order valence-corrected chi connectivity index (χ3v) is 5.29. The van der Waals surface area contributed by atoms with Gasteiger partial charge in [-0.15, -0.1) is 0 Å². The Morgan fingerprint density at radius 3 is 2.57 bits per heavy atom. The second-order valence-corrected chi connectivity index (χ2v) is 8.09. The van der Waals surface area contributed by atoms with Gasteiger partial charge in [-0.3, -0.25) is 4.79 Å². The van der Waals surface area contributed by atoms with E-state index in [1.54, 1.807) is 0 Å². The number of carbonyl (C=O) groups excluding carboxylic acids is 1. The van der Waals surface area contributed by atoms with Crippen LogP contribution in [0.15, 0.2) is 30.3 Å². The van der Waals surface area contributed by atoms with Crippen molar-refractivity contribution in [1.82, 2.24) is 5.32 Å². The molecule has 0 aromatic heterocycles. The summed E-state index contributed by atoms with van der Waals surface area (Å²) in [6.45, 7) is 9.21. The summed E-state index contributed by atoms with van der Waals surface area (Å²) in [5.41, 5.74) is 1.07. The molecule has 0 radical (unpaired) electrons. The van der Waals surface area contributed by atoms with E-state index in [1.807, 2.05) is 30.3 Å². The SMILES string of the molecule is CC(C)C1CCC(C)(C)CC1C(=O)NC[C@H](O)c1ccccc1. The number of hydrogen-bond acceptors (Lipinski definition) is 2. The molecule has 0 saturated heterocycles. The molecular weight excluding hydrogens is 286 g/mol. The molecule has 3 nitrogen and oxygen atoms in total. The maximum absolute atomic E-state index is 12.7. The zero-order valence-corrected chi connectivity index (χ0v) is 14.9. The smallest absolute Gasteiger partial charge is 0.223 e. The van der Waals surface area contributed by atoms with Gasteiger partial charge < -0.3 is 10.4 Å². The number of carbonyl (C=O) groups is 1. The van der Waals surface area contributed by atoms with Gasteiger partial charge >= 0.3 is 0 Å². The molecule has 1 aromatic rings. The van der Waals surface area contributed by atoms with E-state index in [0.717, 1.165) is 18.4 Å². The van der Waals surface area contributed by atoms with Crippen molar-refractivity contribution in [2.24, 2.45) is 23.2 Å². The Hall–Kier alpha value is -1.35. The van der Waals surface area contributed by atoms with Gasteiger partial charge in [0.2, 0.25) is 5.91 Å². The van der Waals surface area contributed by atoms with Crippen molar-refractivity contribution >= 4 is 5.91 Å². The van der Waals surface area contributed by atoms with Crippen molar-refractivity contribution in [1.29, 1.82) is 0 Å². The highest BCUT2D eigenvalue weighted by molar-refractivity contribution is 5.79. The first-order valence-electron chi connectivity index (χ1n) is 8.81. The maximum atomic E-state index is 12.7. The van der Waals surface area contributed by atoms with Crippen molar-refractivity contribution in [2.45, 2.75) is 53.1 Å². The fourth-order valence-electron chi connectivity index (χ4n) is 3.81. The summed E-state index contributed by atoms with van der Waals surface area (Å²) < 4.78 is 0. The normalized spacial score (nSPS) is 25.1. The topological polar surface area (TPSA) is 49.3 Å². The van der Waals surface area contributed by atoms with Crippen molar-refractivity contribution < 1.29 is 9.90 Å². The minimum absolute atomic E-state index is 0.0572. The van der Waals surface area contributed by atoms with Gasteiger partial charge in [-0.1, -0.05) is 58.0 Å². The molecule has 1 fully saturated rings.